The van der Waals surface area contributed by atoms with Gasteiger partial charge in [0.2, 0.25) is 0 Å². The molecule has 1 heterocycles. The Morgan fingerprint density at radius 1 is 0.962 bits per heavy atom. The molecular weight excluding hydrogens is 322 g/mol. The van der Waals surface area contributed by atoms with Gasteiger partial charge in [-0.25, -0.2) is 9.97 Å². The fraction of sp³-hybridized carbons (Fsp3) is 0.333. The number of unbranched alkanes of at least 4 members (excludes halogenated alkanes) is 1. The van der Waals surface area contributed by atoms with Crippen molar-refractivity contribution in [1.82, 2.24) is 9.97 Å². The minimum atomic E-state index is 0.626. The van der Waals surface area contributed by atoms with Gasteiger partial charge < -0.3 is 15.5 Å². The first-order valence-corrected chi connectivity index (χ1v) is 9.24. The van der Waals surface area contributed by atoms with Crippen LogP contribution in [0, 0.1) is 0 Å². The molecule has 2 N–H and O–H groups in total. The zero-order valence-electron chi connectivity index (χ0n) is 15.8. The lowest BCUT2D eigenvalue weighted by Gasteiger charge is -2.27. The summed E-state index contributed by atoms with van der Waals surface area (Å²) in [4.78, 5) is 13.2. The van der Waals surface area contributed by atoms with Crippen LogP contribution in [0.2, 0.25) is 0 Å². The van der Waals surface area contributed by atoms with E-state index >= 15 is 0 Å². The van der Waals surface area contributed by atoms with Crippen LogP contribution in [0.5, 0.6) is 0 Å². The summed E-state index contributed by atoms with van der Waals surface area (Å²) in [5, 5.41) is 2.40. The molecular formula is C21H27N5. The van der Waals surface area contributed by atoms with E-state index < -0.39 is 0 Å². The standard InChI is InChI=1S/C21H27N5/c1-4-6-14-25(3)20-19(22)21(24-15-23-20)26(5-2)18-13-9-11-16-10-7-8-12-17(16)18/h7-13,15H,4-6,14,22H2,1-3H3. The maximum atomic E-state index is 6.51. The van der Waals surface area contributed by atoms with Crippen LogP contribution in [0.25, 0.3) is 10.8 Å². The molecule has 1 aromatic heterocycles. The fourth-order valence-corrected chi connectivity index (χ4v) is 3.28. The van der Waals surface area contributed by atoms with Crippen LogP contribution in [0.15, 0.2) is 48.8 Å². The molecule has 136 valence electrons. The van der Waals surface area contributed by atoms with Crippen LogP contribution in [0.3, 0.4) is 0 Å². The summed E-state index contributed by atoms with van der Waals surface area (Å²) >= 11 is 0. The molecule has 0 fully saturated rings. The molecule has 0 spiro atoms. The number of anilines is 4. The third-order valence-electron chi connectivity index (χ3n) is 4.68. The first-order chi connectivity index (χ1) is 12.7. The summed E-state index contributed by atoms with van der Waals surface area (Å²) in [6.07, 6.45) is 3.85. The van der Waals surface area contributed by atoms with E-state index in [-0.39, 0.29) is 0 Å². The van der Waals surface area contributed by atoms with E-state index in [0.29, 0.717) is 5.69 Å². The minimum Gasteiger partial charge on any atom is -0.393 e. The van der Waals surface area contributed by atoms with Crippen molar-refractivity contribution >= 4 is 33.8 Å². The van der Waals surface area contributed by atoms with Gasteiger partial charge in [-0.05, 0) is 24.8 Å². The summed E-state index contributed by atoms with van der Waals surface area (Å²) in [5.41, 5.74) is 8.24. The molecule has 5 heteroatoms. The lowest BCUT2D eigenvalue weighted by molar-refractivity contribution is 0.759. The molecule has 0 aliphatic carbocycles. The van der Waals surface area contributed by atoms with Crippen LogP contribution in [-0.4, -0.2) is 30.1 Å². The number of nitrogen functional groups attached to an aromatic ring is 1. The Balaban J connectivity index is 2.06. The first kappa shape index (κ1) is 18.0. The van der Waals surface area contributed by atoms with Crippen LogP contribution in [-0.2, 0) is 0 Å². The van der Waals surface area contributed by atoms with Crippen LogP contribution >= 0.6 is 0 Å². The van der Waals surface area contributed by atoms with Crippen molar-refractivity contribution in [3.8, 4) is 0 Å². The van der Waals surface area contributed by atoms with E-state index in [1.807, 2.05) is 7.05 Å². The maximum Gasteiger partial charge on any atom is 0.161 e. The van der Waals surface area contributed by atoms with Crippen LogP contribution < -0.4 is 15.5 Å². The number of fused-ring (bicyclic) bond motifs is 1. The lowest BCUT2D eigenvalue weighted by Crippen LogP contribution is -2.24. The van der Waals surface area contributed by atoms with Gasteiger partial charge >= 0.3 is 0 Å². The van der Waals surface area contributed by atoms with E-state index in [1.54, 1.807) is 6.33 Å². The molecule has 3 aromatic rings. The number of hydrogen-bond donors (Lipinski definition) is 1. The van der Waals surface area contributed by atoms with Crippen LogP contribution in [0.1, 0.15) is 26.7 Å². The smallest absolute Gasteiger partial charge is 0.161 e. The van der Waals surface area contributed by atoms with Crippen molar-refractivity contribution in [1.29, 1.82) is 0 Å². The molecule has 0 aliphatic heterocycles. The zero-order valence-corrected chi connectivity index (χ0v) is 15.8. The number of benzene rings is 2. The second kappa shape index (κ2) is 8.04. The van der Waals surface area contributed by atoms with Crippen molar-refractivity contribution in [2.75, 3.05) is 35.7 Å². The molecule has 0 atom stereocenters. The SMILES string of the molecule is CCCCN(C)c1ncnc(N(CC)c2cccc3ccccc23)c1N. The fourth-order valence-electron chi connectivity index (χ4n) is 3.28. The number of nitrogens with two attached hydrogens (primary N) is 1. The van der Waals surface area contributed by atoms with Crippen molar-refractivity contribution in [2.24, 2.45) is 0 Å². The molecule has 2 aromatic carbocycles. The van der Waals surface area contributed by atoms with Gasteiger partial charge in [-0.2, -0.15) is 0 Å². The highest BCUT2D eigenvalue weighted by Gasteiger charge is 2.19. The Hall–Kier alpha value is -2.82. The number of aromatic nitrogens is 2. The van der Waals surface area contributed by atoms with Gasteiger partial charge in [0, 0.05) is 25.5 Å². The Morgan fingerprint density at radius 3 is 2.46 bits per heavy atom. The van der Waals surface area contributed by atoms with Crippen molar-refractivity contribution < 1.29 is 0 Å². The molecule has 0 amide bonds. The first-order valence-electron chi connectivity index (χ1n) is 9.24. The Morgan fingerprint density at radius 2 is 1.69 bits per heavy atom. The zero-order chi connectivity index (χ0) is 18.5. The summed E-state index contributed by atoms with van der Waals surface area (Å²) in [7, 11) is 2.03. The number of rotatable bonds is 7. The molecule has 0 bridgehead atoms. The van der Waals surface area contributed by atoms with E-state index in [0.717, 1.165) is 43.3 Å². The highest BCUT2D eigenvalue weighted by atomic mass is 15.2. The molecule has 0 radical (unpaired) electrons. The van der Waals surface area contributed by atoms with Gasteiger partial charge in [0.25, 0.3) is 0 Å². The van der Waals surface area contributed by atoms with Gasteiger partial charge in [-0.1, -0.05) is 49.7 Å². The monoisotopic (exact) mass is 349 g/mol. The number of hydrogen-bond acceptors (Lipinski definition) is 5. The Bertz CT molecular complexity index is 872. The molecule has 0 unspecified atom stereocenters. The molecule has 0 aliphatic rings. The van der Waals surface area contributed by atoms with E-state index in [2.05, 4.69) is 76.1 Å². The molecule has 3 rings (SSSR count). The third kappa shape index (κ3) is 3.43. The molecule has 0 saturated carbocycles. The normalized spacial score (nSPS) is 10.9. The predicted molar refractivity (Wildman–Crippen MR) is 111 cm³/mol. The predicted octanol–water partition coefficient (Wildman–Crippen LogP) is 4.61. The van der Waals surface area contributed by atoms with E-state index in [4.69, 9.17) is 5.73 Å². The maximum absolute atomic E-state index is 6.51. The number of nitrogens with zero attached hydrogens (tertiary/aromatic N) is 4. The van der Waals surface area contributed by atoms with Crippen molar-refractivity contribution in [2.45, 2.75) is 26.7 Å². The second-order valence-corrected chi connectivity index (χ2v) is 6.45. The second-order valence-electron chi connectivity index (χ2n) is 6.45. The molecule has 5 nitrogen and oxygen atoms in total. The lowest BCUT2D eigenvalue weighted by atomic mass is 10.1. The Kier molecular flexibility index (Phi) is 5.56. The van der Waals surface area contributed by atoms with Crippen LogP contribution in [0.4, 0.5) is 23.0 Å². The molecule has 26 heavy (non-hydrogen) atoms. The van der Waals surface area contributed by atoms with Crippen molar-refractivity contribution in [3.63, 3.8) is 0 Å². The summed E-state index contributed by atoms with van der Waals surface area (Å²) in [6.45, 7) is 6.00. The highest BCUT2D eigenvalue weighted by Crippen LogP contribution is 2.36. The average Bonchev–Trinajstić information content (AvgIpc) is 2.68. The van der Waals surface area contributed by atoms with Crippen molar-refractivity contribution in [3.05, 3.63) is 48.8 Å². The van der Waals surface area contributed by atoms with Gasteiger partial charge in [-0.3, -0.25) is 0 Å². The summed E-state index contributed by atoms with van der Waals surface area (Å²) < 4.78 is 0. The van der Waals surface area contributed by atoms with Gasteiger partial charge in [0.15, 0.2) is 11.6 Å². The highest BCUT2D eigenvalue weighted by molar-refractivity contribution is 5.97. The topological polar surface area (TPSA) is 58.3 Å². The van der Waals surface area contributed by atoms with E-state index in [9.17, 15) is 0 Å². The summed E-state index contributed by atoms with van der Waals surface area (Å²) in [5.74, 6) is 1.55. The van der Waals surface area contributed by atoms with E-state index in [1.165, 1.54) is 10.8 Å². The molecule has 0 saturated heterocycles. The third-order valence-corrected chi connectivity index (χ3v) is 4.68. The largest absolute Gasteiger partial charge is 0.393 e. The average molecular weight is 349 g/mol. The van der Waals surface area contributed by atoms with Gasteiger partial charge in [0.1, 0.15) is 12.0 Å². The minimum absolute atomic E-state index is 0.626. The van der Waals surface area contributed by atoms with Gasteiger partial charge in [0.05, 0.1) is 5.69 Å². The van der Waals surface area contributed by atoms with Gasteiger partial charge in [-0.15, -0.1) is 0 Å². The quantitative estimate of drug-likeness (QED) is 0.675. The summed E-state index contributed by atoms with van der Waals surface area (Å²) in [6, 6.07) is 14.7. The Labute approximate surface area is 155 Å².